The van der Waals surface area contributed by atoms with Gasteiger partial charge in [-0.05, 0) is 6.07 Å². The Bertz CT molecular complexity index is 568. The topological polar surface area (TPSA) is 59.0 Å². The van der Waals surface area contributed by atoms with E-state index in [1.807, 2.05) is 0 Å². The summed E-state index contributed by atoms with van der Waals surface area (Å²) in [4.78, 5) is 3.71. The number of nitriles is 1. The summed E-state index contributed by atoms with van der Waals surface area (Å²) in [7, 11) is 0. The Hall–Kier alpha value is -2.23. The van der Waals surface area contributed by atoms with Gasteiger partial charge in [0.1, 0.15) is 11.6 Å². The number of benzene rings is 1. The van der Waals surface area contributed by atoms with Crippen LogP contribution in [0.3, 0.4) is 0 Å². The van der Waals surface area contributed by atoms with Crippen molar-refractivity contribution in [3.8, 4) is 11.8 Å². The summed E-state index contributed by atoms with van der Waals surface area (Å²) in [5, 5.41) is 8.66. The van der Waals surface area contributed by atoms with Gasteiger partial charge >= 0.3 is 6.36 Å². The Balaban J connectivity index is 2.54. The first-order valence-electron chi connectivity index (χ1n) is 4.03. The molecule has 7 heteroatoms. The second-order valence-corrected chi connectivity index (χ2v) is 2.83. The molecule has 0 N–H and O–H groups in total. The third-order valence-electron chi connectivity index (χ3n) is 1.78. The first-order chi connectivity index (χ1) is 7.49. The second kappa shape index (κ2) is 3.41. The zero-order chi connectivity index (χ0) is 11.8. The molecule has 0 aliphatic heterocycles. The molecule has 0 fully saturated rings. The molecule has 4 nitrogen and oxygen atoms in total. The summed E-state index contributed by atoms with van der Waals surface area (Å²) in [5.74, 6) is -0.598. The Labute approximate surface area is 86.9 Å². The maximum Gasteiger partial charge on any atom is 0.573 e. The Morgan fingerprint density at radius 1 is 1.38 bits per heavy atom. The van der Waals surface area contributed by atoms with Crippen LogP contribution in [0.2, 0.25) is 0 Å². The van der Waals surface area contributed by atoms with Crippen LogP contribution in [0.4, 0.5) is 13.2 Å². The van der Waals surface area contributed by atoms with Gasteiger partial charge in [-0.15, -0.1) is 13.2 Å². The number of hydrogen-bond acceptors (Lipinski definition) is 4. The van der Waals surface area contributed by atoms with Gasteiger partial charge in [0.15, 0.2) is 17.7 Å². The molecule has 16 heavy (non-hydrogen) atoms. The minimum Gasteiger partial charge on any atom is -0.443 e. The molecular weight excluding hydrogens is 225 g/mol. The van der Waals surface area contributed by atoms with Gasteiger partial charge in [-0.3, -0.25) is 0 Å². The lowest BCUT2D eigenvalue weighted by molar-refractivity contribution is -0.274. The fourth-order valence-electron chi connectivity index (χ4n) is 1.18. The van der Waals surface area contributed by atoms with E-state index in [-0.39, 0.29) is 11.1 Å². The number of rotatable bonds is 1. The largest absolute Gasteiger partial charge is 0.573 e. The normalized spacial score (nSPS) is 11.4. The predicted molar refractivity (Wildman–Crippen MR) is 45.4 cm³/mol. The highest BCUT2D eigenvalue weighted by Gasteiger charge is 2.32. The summed E-state index contributed by atoms with van der Waals surface area (Å²) in [5.41, 5.74) is 0.169. The standard InChI is InChI=1S/C9H3F3N2O2/c10-9(11,12)16-7-2-8-6(14-4-15-8)1-5(7)3-13/h1-2,4H. The van der Waals surface area contributed by atoms with Crippen LogP contribution in [0, 0.1) is 11.3 Å². The molecule has 82 valence electrons. The quantitative estimate of drug-likeness (QED) is 0.752. The average molecular weight is 228 g/mol. The highest BCUT2D eigenvalue weighted by molar-refractivity contribution is 5.77. The summed E-state index contributed by atoms with van der Waals surface area (Å²) >= 11 is 0. The summed E-state index contributed by atoms with van der Waals surface area (Å²) in [6.07, 6.45) is -3.78. The third-order valence-corrected chi connectivity index (χ3v) is 1.78. The number of oxazole rings is 1. The number of ether oxygens (including phenoxy) is 1. The molecule has 2 rings (SSSR count). The number of fused-ring (bicyclic) bond motifs is 1. The summed E-state index contributed by atoms with van der Waals surface area (Å²) in [6, 6.07) is 3.74. The minimum atomic E-state index is -4.85. The molecule has 0 atom stereocenters. The Morgan fingerprint density at radius 3 is 2.75 bits per heavy atom. The average Bonchev–Trinajstić information content (AvgIpc) is 2.60. The van der Waals surface area contributed by atoms with Crippen LogP contribution in [0.25, 0.3) is 11.1 Å². The van der Waals surface area contributed by atoms with Gasteiger partial charge in [0.05, 0.1) is 5.56 Å². The molecule has 0 saturated carbocycles. The highest BCUT2D eigenvalue weighted by Crippen LogP contribution is 2.29. The van der Waals surface area contributed by atoms with Crippen molar-refractivity contribution in [2.24, 2.45) is 0 Å². The number of alkyl halides is 3. The lowest BCUT2D eigenvalue weighted by Gasteiger charge is -2.09. The van der Waals surface area contributed by atoms with E-state index in [0.29, 0.717) is 5.52 Å². The van der Waals surface area contributed by atoms with E-state index in [9.17, 15) is 13.2 Å². The first-order valence-corrected chi connectivity index (χ1v) is 4.03. The highest BCUT2D eigenvalue weighted by atomic mass is 19.4. The van der Waals surface area contributed by atoms with Gasteiger partial charge in [0.2, 0.25) is 0 Å². The molecule has 0 spiro atoms. The van der Waals surface area contributed by atoms with Gasteiger partial charge in [0.25, 0.3) is 0 Å². The molecule has 0 bridgehead atoms. The molecule has 0 unspecified atom stereocenters. The molecule has 2 aromatic rings. The zero-order valence-corrected chi connectivity index (χ0v) is 7.58. The molecule has 0 aliphatic rings. The number of nitrogens with zero attached hydrogens (tertiary/aromatic N) is 2. The van der Waals surface area contributed by atoms with Crippen LogP contribution in [0.1, 0.15) is 5.56 Å². The van der Waals surface area contributed by atoms with E-state index >= 15 is 0 Å². The molecule has 0 aliphatic carbocycles. The molecule has 0 amide bonds. The lowest BCUT2D eigenvalue weighted by Crippen LogP contribution is -2.17. The van der Waals surface area contributed by atoms with E-state index < -0.39 is 12.1 Å². The first kappa shape index (κ1) is 10.3. The van der Waals surface area contributed by atoms with Crippen molar-refractivity contribution >= 4 is 11.1 Å². The van der Waals surface area contributed by atoms with Crippen molar-refractivity contribution in [3.05, 3.63) is 24.1 Å². The van der Waals surface area contributed by atoms with Gasteiger partial charge in [-0.25, -0.2) is 4.98 Å². The maximum atomic E-state index is 12.0. The van der Waals surface area contributed by atoms with Crippen molar-refractivity contribution in [1.82, 2.24) is 4.98 Å². The Kier molecular flexibility index (Phi) is 2.20. The predicted octanol–water partition coefficient (Wildman–Crippen LogP) is 2.60. The SMILES string of the molecule is N#Cc1cc2ncoc2cc1OC(F)(F)F. The summed E-state index contributed by atoms with van der Waals surface area (Å²) < 4.78 is 44.5. The van der Waals surface area contributed by atoms with Crippen LogP contribution in [-0.4, -0.2) is 11.3 Å². The smallest absolute Gasteiger partial charge is 0.443 e. The van der Waals surface area contributed by atoms with Gasteiger partial charge in [-0.2, -0.15) is 5.26 Å². The minimum absolute atomic E-state index is 0.123. The molecule has 0 saturated heterocycles. The molecule has 1 aromatic carbocycles. The van der Waals surface area contributed by atoms with Crippen molar-refractivity contribution in [2.45, 2.75) is 6.36 Å². The molecule has 1 heterocycles. The van der Waals surface area contributed by atoms with E-state index in [2.05, 4.69) is 9.72 Å². The number of aromatic nitrogens is 1. The van der Waals surface area contributed by atoms with Crippen molar-refractivity contribution in [1.29, 1.82) is 5.26 Å². The number of halogens is 3. The number of hydrogen-bond donors (Lipinski definition) is 0. The molecular formula is C9H3F3N2O2. The van der Waals surface area contributed by atoms with Gasteiger partial charge in [-0.1, -0.05) is 0 Å². The van der Waals surface area contributed by atoms with E-state index in [0.717, 1.165) is 12.5 Å². The van der Waals surface area contributed by atoms with E-state index in [1.165, 1.54) is 6.07 Å². The fourth-order valence-corrected chi connectivity index (χ4v) is 1.18. The summed E-state index contributed by atoms with van der Waals surface area (Å²) in [6.45, 7) is 0. The fraction of sp³-hybridized carbons (Fsp3) is 0.111. The van der Waals surface area contributed by atoms with Crippen LogP contribution < -0.4 is 4.74 Å². The van der Waals surface area contributed by atoms with Crippen molar-refractivity contribution in [3.63, 3.8) is 0 Å². The van der Waals surface area contributed by atoms with Gasteiger partial charge < -0.3 is 9.15 Å². The lowest BCUT2D eigenvalue weighted by atomic mass is 10.2. The van der Waals surface area contributed by atoms with Crippen LogP contribution >= 0.6 is 0 Å². The Morgan fingerprint density at radius 2 is 2.12 bits per heavy atom. The van der Waals surface area contributed by atoms with Crippen LogP contribution in [-0.2, 0) is 0 Å². The van der Waals surface area contributed by atoms with E-state index in [4.69, 9.17) is 9.68 Å². The van der Waals surface area contributed by atoms with Gasteiger partial charge in [0, 0.05) is 6.07 Å². The van der Waals surface area contributed by atoms with Crippen LogP contribution in [0.5, 0.6) is 5.75 Å². The van der Waals surface area contributed by atoms with Crippen molar-refractivity contribution < 1.29 is 22.3 Å². The zero-order valence-electron chi connectivity index (χ0n) is 7.58. The van der Waals surface area contributed by atoms with Crippen LogP contribution in [0.15, 0.2) is 22.9 Å². The third kappa shape index (κ3) is 1.91. The van der Waals surface area contributed by atoms with Crippen molar-refractivity contribution in [2.75, 3.05) is 0 Å². The van der Waals surface area contributed by atoms with E-state index in [1.54, 1.807) is 6.07 Å². The second-order valence-electron chi connectivity index (χ2n) is 2.83. The molecule has 0 radical (unpaired) electrons. The molecule has 1 aromatic heterocycles. The monoisotopic (exact) mass is 228 g/mol. The maximum absolute atomic E-state index is 12.0.